The lowest BCUT2D eigenvalue weighted by Crippen LogP contribution is -2.13. The maximum Gasteiger partial charge on any atom is 0.331 e. The number of aromatic nitrogens is 1. The molecule has 1 amide bonds. The number of thiazole rings is 1. The molecule has 200 valence electrons. The third-order valence-electron chi connectivity index (χ3n) is 6.45. The maximum atomic E-state index is 15.3. The van der Waals surface area contributed by atoms with Crippen LogP contribution in [-0.2, 0) is 16.1 Å². The number of hydrogen-bond donors (Lipinski definition) is 2. The Morgan fingerprint density at radius 1 is 1.21 bits per heavy atom. The average molecular weight is 578 g/mol. The summed E-state index contributed by atoms with van der Waals surface area (Å²) in [4.78, 5) is 28.3. The quantitative estimate of drug-likeness (QED) is 0.251. The molecule has 1 aliphatic carbocycles. The smallest absolute Gasteiger partial charge is 0.331 e. The van der Waals surface area contributed by atoms with Crippen LogP contribution in [0.3, 0.4) is 0 Å². The fourth-order valence-corrected chi connectivity index (χ4v) is 5.64. The van der Waals surface area contributed by atoms with Gasteiger partial charge in [0.15, 0.2) is 5.13 Å². The number of carboxylic acid groups (broad SMARTS) is 1. The summed E-state index contributed by atoms with van der Waals surface area (Å²) >= 11 is 13.7. The standard InChI is InChI=1S/C28H27Cl2FN2O4S/c1-16(27(35)36)10-21-22(29)11-19(12-23(21)30)26(34)33-28-32-24(15-38-28)20-9-5-8-18(25(20)31)14-37-13-17-6-3-2-4-7-17/h5,8-12,15,17H,2-4,6-7,13-14H2,1H3,(H,35,36)(H,32,33,34)/b16-10+. The number of benzene rings is 2. The second-order valence-electron chi connectivity index (χ2n) is 9.28. The Morgan fingerprint density at radius 3 is 2.61 bits per heavy atom. The Morgan fingerprint density at radius 2 is 1.92 bits per heavy atom. The predicted molar refractivity (Wildman–Crippen MR) is 149 cm³/mol. The molecule has 38 heavy (non-hydrogen) atoms. The number of carbonyl (C=O) groups is 2. The molecule has 2 aromatic carbocycles. The normalized spacial score (nSPS) is 14.5. The minimum atomic E-state index is -1.10. The van der Waals surface area contributed by atoms with Crippen LogP contribution in [0.15, 0.2) is 41.3 Å². The van der Waals surface area contributed by atoms with Gasteiger partial charge in [0.1, 0.15) is 5.82 Å². The molecule has 6 nitrogen and oxygen atoms in total. The minimum absolute atomic E-state index is 0.0494. The lowest BCUT2D eigenvalue weighted by molar-refractivity contribution is -0.132. The molecule has 2 N–H and O–H groups in total. The number of carbonyl (C=O) groups excluding carboxylic acids is 1. The Bertz CT molecular complexity index is 1350. The van der Waals surface area contributed by atoms with E-state index in [1.54, 1.807) is 23.6 Å². The first-order valence-corrected chi connectivity index (χ1v) is 13.9. The summed E-state index contributed by atoms with van der Waals surface area (Å²) in [6.45, 7) is 2.25. The Kier molecular flexibility index (Phi) is 9.54. The summed E-state index contributed by atoms with van der Waals surface area (Å²) in [5.74, 6) is -1.46. The molecule has 1 fully saturated rings. The fourth-order valence-electron chi connectivity index (χ4n) is 4.33. The van der Waals surface area contributed by atoms with Crippen molar-refractivity contribution in [3.8, 4) is 11.3 Å². The summed E-state index contributed by atoms with van der Waals surface area (Å²) < 4.78 is 21.1. The van der Waals surface area contributed by atoms with E-state index in [0.29, 0.717) is 34.9 Å². The van der Waals surface area contributed by atoms with E-state index in [9.17, 15) is 9.59 Å². The zero-order valence-corrected chi connectivity index (χ0v) is 23.1. The highest BCUT2D eigenvalue weighted by Crippen LogP contribution is 2.32. The van der Waals surface area contributed by atoms with Crippen LogP contribution in [0.4, 0.5) is 9.52 Å². The SMILES string of the molecule is C/C(=C\c1c(Cl)cc(C(=O)Nc2nc(-c3cccc(COCC4CCCCC4)c3F)cs2)cc1Cl)C(=O)O. The predicted octanol–water partition coefficient (Wildman–Crippen LogP) is 8.09. The van der Waals surface area contributed by atoms with Gasteiger partial charge in [-0.3, -0.25) is 10.1 Å². The summed E-state index contributed by atoms with van der Waals surface area (Å²) in [5, 5.41) is 14.0. The van der Waals surface area contributed by atoms with Gasteiger partial charge in [0, 0.05) is 39.8 Å². The summed E-state index contributed by atoms with van der Waals surface area (Å²) in [7, 11) is 0. The molecule has 1 heterocycles. The van der Waals surface area contributed by atoms with E-state index in [-0.39, 0.29) is 32.9 Å². The molecule has 1 aliphatic rings. The van der Waals surface area contributed by atoms with Crippen LogP contribution in [0.5, 0.6) is 0 Å². The van der Waals surface area contributed by atoms with E-state index < -0.39 is 17.7 Å². The number of carboxylic acids is 1. The third kappa shape index (κ3) is 6.99. The van der Waals surface area contributed by atoms with Crippen molar-refractivity contribution in [3.05, 3.63) is 73.8 Å². The third-order valence-corrected chi connectivity index (χ3v) is 7.84. The van der Waals surface area contributed by atoms with E-state index in [1.165, 1.54) is 57.2 Å². The maximum absolute atomic E-state index is 15.3. The van der Waals surface area contributed by atoms with Crippen molar-refractivity contribution in [2.75, 3.05) is 11.9 Å². The van der Waals surface area contributed by atoms with Crippen molar-refractivity contribution in [3.63, 3.8) is 0 Å². The number of amides is 1. The molecule has 0 saturated heterocycles. The summed E-state index contributed by atoms with van der Waals surface area (Å²) in [6.07, 6.45) is 7.42. The second-order valence-corrected chi connectivity index (χ2v) is 10.9. The highest BCUT2D eigenvalue weighted by molar-refractivity contribution is 7.14. The van der Waals surface area contributed by atoms with Gasteiger partial charge in [-0.05, 0) is 50.0 Å². The largest absolute Gasteiger partial charge is 0.478 e. The minimum Gasteiger partial charge on any atom is -0.478 e. The topological polar surface area (TPSA) is 88.5 Å². The van der Waals surface area contributed by atoms with Crippen LogP contribution in [0.25, 0.3) is 17.3 Å². The molecular weight excluding hydrogens is 550 g/mol. The molecule has 0 spiro atoms. The zero-order valence-electron chi connectivity index (χ0n) is 20.7. The Hall–Kier alpha value is -2.78. The van der Waals surface area contributed by atoms with Gasteiger partial charge in [0.2, 0.25) is 0 Å². The first-order chi connectivity index (χ1) is 18.2. The van der Waals surface area contributed by atoms with Gasteiger partial charge in [-0.25, -0.2) is 14.2 Å². The number of rotatable bonds is 9. The molecule has 10 heteroatoms. The first kappa shape index (κ1) is 28.2. The number of halogens is 3. The van der Waals surface area contributed by atoms with E-state index in [1.807, 2.05) is 0 Å². The van der Waals surface area contributed by atoms with Gasteiger partial charge >= 0.3 is 5.97 Å². The van der Waals surface area contributed by atoms with Crippen LogP contribution < -0.4 is 5.32 Å². The highest BCUT2D eigenvalue weighted by atomic mass is 35.5. The first-order valence-electron chi connectivity index (χ1n) is 12.3. The molecule has 0 atom stereocenters. The van der Waals surface area contributed by atoms with Crippen LogP contribution in [0.1, 0.15) is 60.5 Å². The molecule has 0 unspecified atom stereocenters. The molecule has 0 bridgehead atoms. The van der Waals surface area contributed by atoms with Gasteiger partial charge in [0.25, 0.3) is 5.91 Å². The van der Waals surface area contributed by atoms with Crippen LogP contribution >= 0.6 is 34.5 Å². The van der Waals surface area contributed by atoms with E-state index in [2.05, 4.69) is 10.3 Å². The fraction of sp³-hybridized carbons (Fsp3) is 0.321. The van der Waals surface area contributed by atoms with Crippen molar-refractivity contribution in [1.82, 2.24) is 4.98 Å². The van der Waals surface area contributed by atoms with Gasteiger partial charge in [-0.1, -0.05) is 54.6 Å². The number of nitrogens with one attached hydrogen (secondary N) is 1. The van der Waals surface area contributed by atoms with Crippen molar-refractivity contribution < 1.29 is 23.8 Å². The molecule has 0 radical (unpaired) electrons. The van der Waals surface area contributed by atoms with Gasteiger partial charge in [0.05, 0.1) is 22.3 Å². The molecule has 0 aliphatic heterocycles. The van der Waals surface area contributed by atoms with E-state index >= 15 is 4.39 Å². The lowest BCUT2D eigenvalue weighted by atomic mass is 9.90. The van der Waals surface area contributed by atoms with Crippen molar-refractivity contribution in [1.29, 1.82) is 0 Å². The number of anilines is 1. The van der Waals surface area contributed by atoms with Crippen LogP contribution in [0.2, 0.25) is 10.0 Å². The lowest BCUT2D eigenvalue weighted by Gasteiger charge is -2.21. The van der Waals surface area contributed by atoms with Crippen LogP contribution in [-0.4, -0.2) is 28.6 Å². The Balaban J connectivity index is 1.43. The number of aliphatic carboxylic acids is 1. The monoisotopic (exact) mass is 576 g/mol. The van der Waals surface area contributed by atoms with Gasteiger partial charge in [-0.15, -0.1) is 11.3 Å². The Labute approximate surface area is 234 Å². The van der Waals surface area contributed by atoms with Crippen LogP contribution in [0, 0.1) is 11.7 Å². The molecule has 1 aromatic heterocycles. The molecule has 1 saturated carbocycles. The van der Waals surface area contributed by atoms with Gasteiger partial charge in [-0.2, -0.15) is 0 Å². The van der Waals surface area contributed by atoms with Crippen molar-refractivity contribution in [2.24, 2.45) is 5.92 Å². The summed E-state index contributed by atoms with van der Waals surface area (Å²) in [5.41, 5.74) is 1.72. The van der Waals surface area contributed by atoms with Crippen molar-refractivity contribution >= 4 is 57.6 Å². The van der Waals surface area contributed by atoms with Crippen molar-refractivity contribution in [2.45, 2.75) is 45.6 Å². The van der Waals surface area contributed by atoms with E-state index in [4.69, 9.17) is 33.0 Å². The van der Waals surface area contributed by atoms with E-state index in [0.717, 1.165) is 11.3 Å². The number of hydrogen-bond acceptors (Lipinski definition) is 5. The number of nitrogens with zero attached hydrogens (tertiary/aromatic N) is 1. The molecule has 3 aromatic rings. The second kappa shape index (κ2) is 12.8. The van der Waals surface area contributed by atoms with Gasteiger partial charge < -0.3 is 9.84 Å². The number of ether oxygens (including phenoxy) is 1. The summed E-state index contributed by atoms with van der Waals surface area (Å²) in [6, 6.07) is 7.91. The molecule has 4 rings (SSSR count). The average Bonchev–Trinajstić information content (AvgIpc) is 3.35. The zero-order chi connectivity index (χ0) is 27.2. The molecular formula is C28H27Cl2FN2O4S. The highest BCUT2D eigenvalue weighted by Gasteiger charge is 2.18.